The third-order valence-electron chi connectivity index (χ3n) is 2.49. The Morgan fingerprint density at radius 2 is 2.06 bits per heavy atom. The Kier molecular flexibility index (Phi) is 3.87. The van der Waals surface area contributed by atoms with Crippen LogP contribution in [-0.2, 0) is 0 Å². The second-order valence-electron chi connectivity index (χ2n) is 3.78. The molecule has 17 heavy (non-hydrogen) atoms. The van der Waals surface area contributed by atoms with Crippen molar-refractivity contribution < 1.29 is 0 Å². The van der Waals surface area contributed by atoms with Crippen molar-refractivity contribution in [3.8, 4) is 0 Å². The first-order chi connectivity index (χ1) is 8.16. The molecule has 1 N–H and O–H groups in total. The molecule has 88 valence electrons. The molecule has 0 aliphatic carbocycles. The molecule has 4 heteroatoms. The van der Waals surface area contributed by atoms with Gasteiger partial charge in [0.05, 0.1) is 16.8 Å². The van der Waals surface area contributed by atoms with Gasteiger partial charge >= 0.3 is 0 Å². The van der Waals surface area contributed by atoms with E-state index in [0.717, 1.165) is 11.3 Å². The van der Waals surface area contributed by atoms with Gasteiger partial charge in [-0.25, -0.2) is 0 Å². The molecule has 0 aliphatic rings. The molecule has 0 saturated heterocycles. The highest BCUT2D eigenvalue weighted by Gasteiger charge is 2.07. The molecule has 2 aromatic rings. The smallest absolute Gasteiger partial charge is 0.0652 e. The SMILES string of the molecule is CC(Nc1ccc(Cl)cc1Cl)c1cccnc1. The standard InChI is InChI=1S/C13H12Cl2N2/c1-9(10-3-2-6-16-8-10)17-13-5-4-11(14)7-12(13)15/h2-9,17H,1H3. The number of rotatable bonds is 3. The Labute approximate surface area is 111 Å². The maximum Gasteiger partial charge on any atom is 0.0652 e. The van der Waals surface area contributed by atoms with E-state index in [1.54, 1.807) is 12.3 Å². The van der Waals surface area contributed by atoms with Crippen LogP contribution in [-0.4, -0.2) is 4.98 Å². The second-order valence-corrected chi connectivity index (χ2v) is 4.62. The fourth-order valence-electron chi connectivity index (χ4n) is 1.56. The molecule has 0 amide bonds. The molecule has 1 unspecified atom stereocenters. The zero-order valence-corrected chi connectivity index (χ0v) is 10.8. The van der Waals surface area contributed by atoms with E-state index in [9.17, 15) is 0 Å². The molecule has 0 spiro atoms. The molecule has 1 atom stereocenters. The number of anilines is 1. The highest BCUT2D eigenvalue weighted by molar-refractivity contribution is 6.36. The van der Waals surface area contributed by atoms with Crippen molar-refractivity contribution in [1.82, 2.24) is 4.98 Å². The summed E-state index contributed by atoms with van der Waals surface area (Å²) < 4.78 is 0. The molecule has 1 aromatic carbocycles. The van der Waals surface area contributed by atoms with Gasteiger partial charge in [-0.2, -0.15) is 0 Å². The van der Waals surface area contributed by atoms with Gasteiger partial charge < -0.3 is 5.32 Å². The van der Waals surface area contributed by atoms with Crippen LogP contribution in [0.25, 0.3) is 0 Å². The van der Waals surface area contributed by atoms with Crippen molar-refractivity contribution in [2.75, 3.05) is 5.32 Å². The summed E-state index contributed by atoms with van der Waals surface area (Å²) in [5.74, 6) is 0. The van der Waals surface area contributed by atoms with E-state index in [0.29, 0.717) is 10.0 Å². The Morgan fingerprint density at radius 1 is 1.24 bits per heavy atom. The lowest BCUT2D eigenvalue weighted by molar-refractivity contribution is 0.876. The summed E-state index contributed by atoms with van der Waals surface area (Å²) in [6.45, 7) is 2.06. The number of hydrogen-bond donors (Lipinski definition) is 1. The lowest BCUT2D eigenvalue weighted by Gasteiger charge is -2.16. The monoisotopic (exact) mass is 266 g/mol. The van der Waals surface area contributed by atoms with E-state index in [4.69, 9.17) is 23.2 Å². The van der Waals surface area contributed by atoms with E-state index in [-0.39, 0.29) is 6.04 Å². The fraction of sp³-hybridized carbons (Fsp3) is 0.154. The van der Waals surface area contributed by atoms with Gasteiger partial charge in [0.1, 0.15) is 0 Å². The van der Waals surface area contributed by atoms with Crippen LogP contribution < -0.4 is 5.32 Å². The third kappa shape index (κ3) is 3.11. The number of aromatic nitrogens is 1. The minimum atomic E-state index is 0.141. The van der Waals surface area contributed by atoms with Crippen LogP contribution in [0.1, 0.15) is 18.5 Å². The predicted molar refractivity (Wildman–Crippen MR) is 72.7 cm³/mol. The first-order valence-electron chi connectivity index (χ1n) is 5.28. The summed E-state index contributed by atoms with van der Waals surface area (Å²) in [5.41, 5.74) is 1.98. The van der Waals surface area contributed by atoms with Gasteiger partial charge in [-0.1, -0.05) is 29.3 Å². The number of nitrogens with zero attached hydrogens (tertiary/aromatic N) is 1. The van der Waals surface area contributed by atoms with Crippen molar-refractivity contribution >= 4 is 28.9 Å². The van der Waals surface area contributed by atoms with Gasteiger partial charge in [0.15, 0.2) is 0 Å². The molecule has 0 aliphatic heterocycles. The Morgan fingerprint density at radius 3 is 2.71 bits per heavy atom. The average Bonchev–Trinajstić information content (AvgIpc) is 2.34. The molecule has 0 fully saturated rings. The van der Waals surface area contributed by atoms with Gasteiger partial charge in [0.2, 0.25) is 0 Å². The zero-order chi connectivity index (χ0) is 12.3. The quantitative estimate of drug-likeness (QED) is 0.881. The van der Waals surface area contributed by atoms with E-state index >= 15 is 0 Å². The van der Waals surface area contributed by atoms with Crippen LogP contribution in [0.4, 0.5) is 5.69 Å². The second kappa shape index (κ2) is 5.39. The number of nitrogens with one attached hydrogen (secondary N) is 1. The molecule has 1 heterocycles. The molecule has 2 rings (SSSR count). The summed E-state index contributed by atoms with van der Waals surface area (Å²) in [7, 11) is 0. The van der Waals surface area contributed by atoms with Gasteiger partial charge in [0, 0.05) is 17.4 Å². The van der Waals surface area contributed by atoms with Crippen LogP contribution in [0, 0.1) is 0 Å². The molecular formula is C13H12Cl2N2. The van der Waals surface area contributed by atoms with Gasteiger partial charge in [-0.3, -0.25) is 4.98 Å². The largest absolute Gasteiger partial charge is 0.377 e. The van der Waals surface area contributed by atoms with Crippen molar-refractivity contribution in [2.24, 2.45) is 0 Å². The van der Waals surface area contributed by atoms with Crippen molar-refractivity contribution in [3.63, 3.8) is 0 Å². The number of hydrogen-bond acceptors (Lipinski definition) is 2. The molecule has 0 bridgehead atoms. The topological polar surface area (TPSA) is 24.9 Å². The Bertz CT molecular complexity index is 500. The number of benzene rings is 1. The third-order valence-corrected chi connectivity index (χ3v) is 3.04. The minimum Gasteiger partial charge on any atom is -0.377 e. The summed E-state index contributed by atoms with van der Waals surface area (Å²) >= 11 is 11.9. The Hall–Kier alpha value is -1.25. The van der Waals surface area contributed by atoms with Gasteiger partial charge in [-0.05, 0) is 36.8 Å². The lowest BCUT2D eigenvalue weighted by atomic mass is 10.1. The summed E-state index contributed by atoms with van der Waals surface area (Å²) in [5, 5.41) is 4.58. The molecule has 2 nitrogen and oxygen atoms in total. The number of halogens is 2. The van der Waals surface area contributed by atoms with Gasteiger partial charge in [-0.15, -0.1) is 0 Å². The predicted octanol–water partition coefficient (Wildman–Crippen LogP) is 4.56. The minimum absolute atomic E-state index is 0.141. The van der Waals surface area contributed by atoms with E-state index in [2.05, 4.69) is 17.2 Å². The van der Waals surface area contributed by atoms with Crippen molar-refractivity contribution in [2.45, 2.75) is 13.0 Å². The lowest BCUT2D eigenvalue weighted by Crippen LogP contribution is -2.07. The van der Waals surface area contributed by atoms with Crippen LogP contribution in [0.15, 0.2) is 42.7 Å². The average molecular weight is 267 g/mol. The van der Waals surface area contributed by atoms with E-state index in [1.165, 1.54) is 0 Å². The van der Waals surface area contributed by atoms with Crippen molar-refractivity contribution in [3.05, 3.63) is 58.3 Å². The van der Waals surface area contributed by atoms with E-state index in [1.807, 2.05) is 30.5 Å². The summed E-state index contributed by atoms with van der Waals surface area (Å²) in [6, 6.07) is 9.48. The molecular weight excluding hydrogens is 255 g/mol. The molecule has 1 aromatic heterocycles. The van der Waals surface area contributed by atoms with Crippen LogP contribution in [0.3, 0.4) is 0 Å². The van der Waals surface area contributed by atoms with Crippen LogP contribution in [0.2, 0.25) is 10.0 Å². The molecule has 0 radical (unpaired) electrons. The van der Waals surface area contributed by atoms with Crippen LogP contribution >= 0.6 is 23.2 Å². The molecule has 0 saturated carbocycles. The highest BCUT2D eigenvalue weighted by Crippen LogP contribution is 2.28. The Balaban J connectivity index is 2.16. The summed E-state index contributed by atoms with van der Waals surface area (Å²) in [4.78, 5) is 4.09. The van der Waals surface area contributed by atoms with Gasteiger partial charge in [0.25, 0.3) is 0 Å². The highest BCUT2D eigenvalue weighted by atomic mass is 35.5. The first kappa shape index (κ1) is 12.2. The van der Waals surface area contributed by atoms with E-state index < -0.39 is 0 Å². The van der Waals surface area contributed by atoms with Crippen molar-refractivity contribution in [1.29, 1.82) is 0 Å². The number of pyridine rings is 1. The maximum absolute atomic E-state index is 6.10. The van der Waals surface area contributed by atoms with Crippen LogP contribution in [0.5, 0.6) is 0 Å². The summed E-state index contributed by atoms with van der Waals surface area (Å²) in [6.07, 6.45) is 3.59. The fourth-order valence-corrected chi connectivity index (χ4v) is 2.02. The zero-order valence-electron chi connectivity index (χ0n) is 9.32. The maximum atomic E-state index is 6.10. The normalized spacial score (nSPS) is 12.2. The first-order valence-corrected chi connectivity index (χ1v) is 6.04.